The van der Waals surface area contributed by atoms with Gasteiger partial charge in [0, 0.05) is 12.7 Å². The average molecular weight is 306 g/mol. The molecule has 0 aliphatic heterocycles. The molecule has 0 aliphatic carbocycles. The number of rotatable bonds is 5. The van der Waals surface area contributed by atoms with Crippen molar-refractivity contribution >= 4 is 28.2 Å². The molecule has 2 rings (SSSR count). The van der Waals surface area contributed by atoms with Crippen LogP contribution in [0.1, 0.15) is 39.6 Å². The van der Waals surface area contributed by atoms with Gasteiger partial charge in [-0.2, -0.15) is 0 Å². The van der Waals surface area contributed by atoms with E-state index in [9.17, 15) is 9.59 Å². The summed E-state index contributed by atoms with van der Waals surface area (Å²) in [6, 6.07) is 5.39. The first-order valence-corrected chi connectivity index (χ1v) is 7.62. The number of aromatic nitrogens is 1. The minimum absolute atomic E-state index is 0.182. The lowest BCUT2D eigenvalue weighted by atomic mass is 10.3. The SMILES string of the molecule is CCOC(=O)c1sc(NC(=O)c2cccn2CC)cc1C. The van der Waals surface area contributed by atoms with E-state index in [0.29, 0.717) is 22.2 Å². The molecular formula is C15H18N2O3S. The fourth-order valence-electron chi connectivity index (χ4n) is 2.01. The normalized spacial score (nSPS) is 10.4. The number of anilines is 1. The Balaban J connectivity index is 2.15. The van der Waals surface area contributed by atoms with E-state index in [0.717, 1.165) is 12.1 Å². The Kier molecular flexibility index (Phi) is 4.80. The zero-order valence-corrected chi connectivity index (χ0v) is 13.1. The van der Waals surface area contributed by atoms with Gasteiger partial charge >= 0.3 is 5.97 Å². The topological polar surface area (TPSA) is 60.3 Å². The molecule has 6 heteroatoms. The third-order valence-corrected chi connectivity index (χ3v) is 4.15. The van der Waals surface area contributed by atoms with E-state index in [2.05, 4.69) is 5.32 Å². The first-order valence-electron chi connectivity index (χ1n) is 6.80. The van der Waals surface area contributed by atoms with Gasteiger partial charge in [0.1, 0.15) is 10.6 Å². The molecule has 0 spiro atoms. The van der Waals surface area contributed by atoms with Crippen molar-refractivity contribution in [1.29, 1.82) is 0 Å². The third kappa shape index (κ3) is 3.33. The number of hydrogen-bond acceptors (Lipinski definition) is 4. The van der Waals surface area contributed by atoms with E-state index < -0.39 is 0 Å². The Morgan fingerprint density at radius 2 is 2.14 bits per heavy atom. The molecule has 0 aliphatic rings. The van der Waals surface area contributed by atoms with E-state index >= 15 is 0 Å². The summed E-state index contributed by atoms with van der Waals surface area (Å²) >= 11 is 1.23. The number of amides is 1. The summed E-state index contributed by atoms with van der Waals surface area (Å²) in [7, 11) is 0. The summed E-state index contributed by atoms with van der Waals surface area (Å²) in [4.78, 5) is 24.5. The van der Waals surface area contributed by atoms with E-state index in [1.165, 1.54) is 11.3 Å². The number of nitrogens with one attached hydrogen (secondary N) is 1. The predicted octanol–water partition coefficient (Wildman–Crippen LogP) is 3.31. The quantitative estimate of drug-likeness (QED) is 0.862. The van der Waals surface area contributed by atoms with Crippen LogP contribution in [0.25, 0.3) is 0 Å². The second-order valence-electron chi connectivity index (χ2n) is 4.48. The molecule has 0 atom stereocenters. The molecule has 0 fully saturated rings. The molecule has 112 valence electrons. The number of carbonyl (C=O) groups is 2. The summed E-state index contributed by atoms with van der Waals surface area (Å²) < 4.78 is 6.85. The predicted molar refractivity (Wildman–Crippen MR) is 83.1 cm³/mol. The second kappa shape index (κ2) is 6.58. The first kappa shape index (κ1) is 15.3. The molecular weight excluding hydrogens is 288 g/mol. The van der Waals surface area contributed by atoms with Gasteiger partial charge in [-0.15, -0.1) is 11.3 Å². The van der Waals surface area contributed by atoms with Gasteiger partial charge in [0.15, 0.2) is 0 Å². The summed E-state index contributed by atoms with van der Waals surface area (Å²) in [5.41, 5.74) is 1.40. The standard InChI is InChI=1S/C15H18N2O3S/c1-4-17-8-6-7-11(17)14(18)16-12-9-10(3)13(21-12)15(19)20-5-2/h6-9H,4-5H2,1-3H3,(H,16,18). The van der Waals surface area contributed by atoms with Crippen LogP contribution in [-0.2, 0) is 11.3 Å². The number of aryl methyl sites for hydroxylation is 2. The Bertz CT molecular complexity index is 658. The average Bonchev–Trinajstić information content (AvgIpc) is 3.05. The van der Waals surface area contributed by atoms with Gasteiger partial charge < -0.3 is 14.6 Å². The molecule has 0 unspecified atom stereocenters. The van der Waals surface area contributed by atoms with Crippen molar-refractivity contribution in [2.45, 2.75) is 27.3 Å². The van der Waals surface area contributed by atoms with Crippen LogP contribution < -0.4 is 5.32 Å². The van der Waals surface area contributed by atoms with Crippen LogP contribution in [0.3, 0.4) is 0 Å². The fourth-order valence-corrected chi connectivity index (χ4v) is 2.98. The molecule has 0 bridgehead atoms. The van der Waals surface area contributed by atoms with Gasteiger partial charge in [0.2, 0.25) is 0 Å². The van der Waals surface area contributed by atoms with Crippen molar-refractivity contribution < 1.29 is 14.3 Å². The van der Waals surface area contributed by atoms with Crippen LogP contribution in [0.2, 0.25) is 0 Å². The molecule has 1 amide bonds. The Labute approximate surface area is 127 Å². The minimum atomic E-state index is -0.350. The highest BCUT2D eigenvalue weighted by molar-refractivity contribution is 7.18. The molecule has 1 N–H and O–H groups in total. The van der Waals surface area contributed by atoms with Crippen LogP contribution in [0.15, 0.2) is 24.4 Å². The van der Waals surface area contributed by atoms with E-state index in [4.69, 9.17) is 4.74 Å². The van der Waals surface area contributed by atoms with E-state index in [1.807, 2.05) is 30.7 Å². The summed E-state index contributed by atoms with van der Waals surface area (Å²) in [6.07, 6.45) is 1.86. The van der Waals surface area contributed by atoms with Crippen molar-refractivity contribution in [2.24, 2.45) is 0 Å². The van der Waals surface area contributed by atoms with Crippen LogP contribution in [-0.4, -0.2) is 23.1 Å². The Morgan fingerprint density at radius 1 is 1.38 bits per heavy atom. The highest BCUT2D eigenvalue weighted by atomic mass is 32.1. The third-order valence-electron chi connectivity index (χ3n) is 3.02. The van der Waals surface area contributed by atoms with Gasteiger partial charge in [-0.25, -0.2) is 4.79 Å². The van der Waals surface area contributed by atoms with Gasteiger partial charge in [-0.05, 0) is 44.5 Å². The van der Waals surface area contributed by atoms with Crippen LogP contribution in [0, 0.1) is 6.92 Å². The number of esters is 1. The molecule has 2 aromatic heterocycles. The highest BCUT2D eigenvalue weighted by Crippen LogP contribution is 2.27. The number of carbonyl (C=O) groups excluding carboxylic acids is 2. The summed E-state index contributed by atoms with van der Waals surface area (Å²) in [5.74, 6) is -0.532. The maximum absolute atomic E-state index is 12.2. The zero-order chi connectivity index (χ0) is 15.4. The monoisotopic (exact) mass is 306 g/mol. The molecule has 0 radical (unpaired) electrons. The molecule has 0 saturated heterocycles. The number of hydrogen-bond donors (Lipinski definition) is 1. The fraction of sp³-hybridized carbons (Fsp3) is 0.333. The van der Waals surface area contributed by atoms with Crippen molar-refractivity contribution in [1.82, 2.24) is 4.57 Å². The van der Waals surface area contributed by atoms with E-state index in [-0.39, 0.29) is 11.9 Å². The van der Waals surface area contributed by atoms with Crippen LogP contribution in [0.5, 0.6) is 0 Å². The highest BCUT2D eigenvalue weighted by Gasteiger charge is 2.17. The summed E-state index contributed by atoms with van der Waals surface area (Å²) in [6.45, 7) is 6.63. The second-order valence-corrected chi connectivity index (χ2v) is 5.53. The maximum atomic E-state index is 12.2. The summed E-state index contributed by atoms with van der Waals surface area (Å²) in [5, 5.41) is 3.47. The first-order chi connectivity index (χ1) is 10.1. The number of ether oxygens (including phenoxy) is 1. The van der Waals surface area contributed by atoms with Crippen molar-refractivity contribution in [3.8, 4) is 0 Å². The molecule has 0 aromatic carbocycles. The molecule has 2 aromatic rings. The van der Waals surface area contributed by atoms with Gasteiger partial charge in [0.05, 0.1) is 11.6 Å². The largest absolute Gasteiger partial charge is 0.462 e. The Morgan fingerprint density at radius 3 is 2.81 bits per heavy atom. The lowest BCUT2D eigenvalue weighted by Crippen LogP contribution is -2.15. The lowest BCUT2D eigenvalue weighted by Gasteiger charge is -2.05. The van der Waals surface area contributed by atoms with E-state index in [1.54, 1.807) is 19.1 Å². The minimum Gasteiger partial charge on any atom is -0.462 e. The molecule has 5 nitrogen and oxygen atoms in total. The Hall–Kier alpha value is -2.08. The van der Waals surface area contributed by atoms with Gasteiger partial charge in [-0.1, -0.05) is 0 Å². The van der Waals surface area contributed by atoms with Gasteiger partial charge in [-0.3, -0.25) is 4.79 Å². The maximum Gasteiger partial charge on any atom is 0.348 e. The van der Waals surface area contributed by atoms with Crippen LogP contribution in [0.4, 0.5) is 5.00 Å². The molecule has 21 heavy (non-hydrogen) atoms. The van der Waals surface area contributed by atoms with Crippen LogP contribution >= 0.6 is 11.3 Å². The zero-order valence-electron chi connectivity index (χ0n) is 12.3. The molecule has 2 heterocycles. The van der Waals surface area contributed by atoms with Gasteiger partial charge in [0.25, 0.3) is 5.91 Å². The van der Waals surface area contributed by atoms with Crippen molar-refractivity contribution in [3.05, 3.63) is 40.5 Å². The number of thiophene rings is 1. The van der Waals surface area contributed by atoms with Crippen molar-refractivity contribution in [3.63, 3.8) is 0 Å². The number of nitrogens with zero attached hydrogens (tertiary/aromatic N) is 1. The smallest absolute Gasteiger partial charge is 0.348 e. The molecule has 0 saturated carbocycles. The van der Waals surface area contributed by atoms with Crippen molar-refractivity contribution in [2.75, 3.05) is 11.9 Å². The lowest BCUT2D eigenvalue weighted by molar-refractivity contribution is 0.0531.